The summed E-state index contributed by atoms with van der Waals surface area (Å²) in [6.07, 6.45) is 4.22. The fourth-order valence-electron chi connectivity index (χ4n) is 3.71. The largest absolute Gasteiger partial charge is 0.491 e. The number of nitrogens with zero attached hydrogens (tertiary/aromatic N) is 2. The van der Waals surface area contributed by atoms with Crippen molar-refractivity contribution in [2.45, 2.75) is 32.4 Å². The summed E-state index contributed by atoms with van der Waals surface area (Å²) < 4.78 is 16.7. The Bertz CT molecular complexity index is 786. The Balaban J connectivity index is 1.58. The highest BCUT2D eigenvalue weighted by Gasteiger charge is 2.25. The second-order valence-electron chi connectivity index (χ2n) is 7.53. The summed E-state index contributed by atoms with van der Waals surface area (Å²) in [4.78, 5) is 6.86. The standard InChI is InChI=1S/C23H34N4O3/c1-18-8-9-19(22(15-18)30-14-13-28-3)16-25-23(24-2)26-17-20(21-7-6-12-29-21)27-10-4-5-11-27/h6-9,12,15,20H,4-5,10-11,13-14,16-17H2,1-3H3,(H2,24,25,26). The highest BCUT2D eigenvalue weighted by Crippen LogP contribution is 2.25. The van der Waals surface area contributed by atoms with E-state index in [1.54, 1.807) is 20.4 Å². The molecule has 0 bridgehead atoms. The lowest BCUT2D eigenvalue weighted by Crippen LogP contribution is -2.42. The summed E-state index contributed by atoms with van der Waals surface area (Å²) >= 11 is 0. The Morgan fingerprint density at radius 1 is 1.20 bits per heavy atom. The summed E-state index contributed by atoms with van der Waals surface area (Å²) in [6, 6.07) is 10.5. The van der Waals surface area contributed by atoms with Crippen LogP contribution < -0.4 is 15.4 Å². The number of hydrogen-bond acceptors (Lipinski definition) is 5. The molecule has 2 aromatic rings. The van der Waals surface area contributed by atoms with E-state index in [-0.39, 0.29) is 6.04 Å². The first kappa shape index (κ1) is 22.2. The third-order valence-electron chi connectivity index (χ3n) is 5.35. The SMILES string of the molecule is CN=C(NCc1ccc(C)cc1OCCOC)NCC(c1ccco1)N1CCCC1. The van der Waals surface area contributed by atoms with Crippen molar-refractivity contribution in [3.05, 3.63) is 53.5 Å². The van der Waals surface area contributed by atoms with E-state index < -0.39 is 0 Å². The number of aliphatic imine (C=N–C) groups is 1. The van der Waals surface area contributed by atoms with Crippen molar-refractivity contribution < 1.29 is 13.9 Å². The lowest BCUT2D eigenvalue weighted by molar-refractivity contribution is 0.145. The molecule has 1 atom stereocenters. The molecule has 164 valence electrons. The van der Waals surface area contributed by atoms with Crippen LogP contribution in [-0.2, 0) is 11.3 Å². The highest BCUT2D eigenvalue weighted by atomic mass is 16.5. The highest BCUT2D eigenvalue weighted by molar-refractivity contribution is 5.79. The molecule has 2 N–H and O–H groups in total. The first-order valence-corrected chi connectivity index (χ1v) is 10.6. The first-order valence-electron chi connectivity index (χ1n) is 10.6. The maximum Gasteiger partial charge on any atom is 0.191 e. The molecule has 1 aromatic carbocycles. The Morgan fingerprint density at radius 2 is 2.03 bits per heavy atom. The number of rotatable bonds is 10. The number of likely N-dealkylation sites (tertiary alicyclic amines) is 1. The van der Waals surface area contributed by atoms with Crippen LogP contribution in [0.3, 0.4) is 0 Å². The lowest BCUT2D eigenvalue weighted by Gasteiger charge is -2.26. The summed E-state index contributed by atoms with van der Waals surface area (Å²) in [6.45, 7) is 6.72. The summed E-state index contributed by atoms with van der Waals surface area (Å²) in [5, 5.41) is 6.87. The number of furan rings is 1. The normalized spacial score (nSPS) is 15.9. The van der Waals surface area contributed by atoms with Gasteiger partial charge in [-0.1, -0.05) is 12.1 Å². The Labute approximate surface area is 179 Å². The Kier molecular flexibility index (Phi) is 8.59. The van der Waals surface area contributed by atoms with E-state index >= 15 is 0 Å². The van der Waals surface area contributed by atoms with E-state index in [4.69, 9.17) is 13.9 Å². The molecular formula is C23H34N4O3. The van der Waals surface area contributed by atoms with Crippen molar-refractivity contribution in [1.82, 2.24) is 15.5 Å². The zero-order valence-electron chi connectivity index (χ0n) is 18.3. The van der Waals surface area contributed by atoms with E-state index in [0.29, 0.717) is 19.8 Å². The predicted molar refractivity (Wildman–Crippen MR) is 119 cm³/mol. The zero-order chi connectivity index (χ0) is 21.2. The molecule has 0 aliphatic carbocycles. The number of benzene rings is 1. The molecular weight excluding hydrogens is 380 g/mol. The molecule has 0 saturated carbocycles. The molecule has 1 unspecified atom stereocenters. The minimum atomic E-state index is 0.202. The van der Waals surface area contributed by atoms with Crippen molar-refractivity contribution in [2.75, 3.05) is 47.0 Å². The average Bonchev–Trinajstić information content (AvgIpc) is 3.47. The number of hydrogen-bond donors (Lipinski definition) is 2. The third-order valence-corrected chi connectivity index (χ3v) is 5.35. The molecule has 2 heterocycles. The molecule has 0 spiro atoms. The third kappa shape index (κ3) is 6.24. The van der Waals surface area contributed by atoms with Crippen LogP contribution in [-0.4, -0.2) is 57.9 Å². The lowest BCUT2D eigenvalue weighted by atomic mass is 10.1. The number of methoxy groups -OCH3 is 1. The Morgan fingerprint density at radius 3 is 2.73 bits per heavy atom. The summed E-state index contributed by atoms with van der Waals surface area (Å²) in [7, 11) is 3.47. The minimum absolute atomic E-state index is 0.202. The minimum Gasteiger partial charge on any atom is -0.491 e. The van der Waals surface area contributed by atoms with Gasteiger partial charge < -0.3 is 24.5 Å². The second-order valence-corrected chi connectivity index (χ2v) is 7.53. The van der Waals surface area contributed by atoms with Gasteiger partial charge in [0, 0.05) is 32.8 Å². The maximum atomic E-state index is 5.89. The Hall–Kier alpha value is -2.51. The average molecular weight is 415 g/mol. The van der Waals surface area contributed by atoms with Crippen LogP contribution >= 0.6 is 0 Å². The van der Waals surface area contributed by atoms with Crippen molar-refractivity contribution in [3.63, 3.8) is 0 Å². The molecule has 1 aliphatic rings. The van der Waals surface area contributed by atoms with E-state index in [1.165, 1.54) is 18.4 Å². The molecule has 1 fully saturated rings. The van der Waals surface area contributed by atoms with Gasteiger partial charge in [-0.3, -0.25) is 9.89 Å². The summed E-state index contributed by atoms with van der Waals surface area (Å²) in [5.74, 6) is 2.63. The number of ether oxygens (including phenoxy) is 2. The number of nitrogens with one attached hydrogen (secondary N) is 2. The van der Waals surface area contributed by atoms with Crippen molar-refractivity contribution in [1.29, 1.82) is 0 Å². The summed E-state index contributed by atoms with van der Waals surface area (Å²) in [5.41, 5.74) is 2.25. The van der Waals surface area contributed by atoms with E-state index in [1.807, 2.05) is 6.07 Å². The van der Waals surface area contributed by atoms with E-state index in [0.717, 1.165) is 42.7 Å². The quantitative estimate of drug-likeness (QED) is 0.354. The van der Waals surface area contributed by atoms with Gasteiger partial charge in [0.2, 0.25) is 0 Å². The molecule has 1 aromatic heterocycles. The van der Waals surface area contributed by atoms with Gasteiger partial charge in [-0.05, 0) is 56.6 Å². The molecule has 0 radical (unpaired) electrons. The smallest absolute Gasteiger partial charge is 0.191 e. The molecule has 7 heteroatoms. The molecule has 1 saturated heterocycles. The second kappa shape index (κ2) is 11.6. The van der Waals surface area contributed by atoms with Crippen LogP contribution in [0.2, 0.25) is 0 Å². The van der Waals surface area contributed by atoms with Crippen LogP contribution in [0.15, 0.2) is 46.0 Å². The monoisotopic (exact) mass is 414 g/mol. The number of aryl methyl sites for hydroxylation is 1. The van der Waals surface area contributed by atoms with Crippen LogP contribution in [0.4, 0.5) is 0 Å². The van der Waals surface area contributed by atoms with Crippen LogP contribution in [0.25, 0.3) is 0 Å². The van der Waals surface area contributed by atoms with E-state index in [9.17, 15) is 0 Å². The topological polar surface area (TPSA) is 71.3 Å². The predicted octanol–water partition coefficient (Wildman–Crippen LogP) is 3.12. The van der Waals surface area contributed by atoms with Gasteiger partial charge in [-0.2, -0.15) is 0 Å². The van der Waals surface area contributed by atoms with Crippen LogP contribution in [0, 0.1) is 6.92 Å². The van der Waals surface area contributed by atoms with Crippen molar-refractivity contribution in [3.8, 4) is 5.75 Å². The molecule has 3 rings (SSSR count). The molecule has 0 amide bonds. The fraction of sp³-hybridized carbons (Fsp3) is 0.522. The maximum absolute atomic E-state index is 5.89. The van der Waals surface area contributed by atoms with Gasteiger partial charge in [-0.15, -0.1) is 0 Å². The van der Waals surface area contributed by atoms with Gasteiger partial charge in [0.1, 0.15) is 18.1 Å². The van der Waals surface area contributed by atoms with Gasteiger partial charge in [0.25, 0.3) is 0 Å². The van der Waals surface area contributed by atoms with Crippen molar-refractivity contribution in [2.24, 2.45) is 4.99 Å². The molecule has 7 nitrogen and oxygen atoms in total. The molecule has 1 aliphatic heterocycles. The van der Waals surface area contributed by atoms with Gasteiger partial charge >= 0.3 is 0 Å². The van der Waals surface area contributed by atoms with Gasteiger partial charge in [0.05, 0.1) is 18.9 Å². The van der Waals surface area contributed by atoms with Gasteiger partial charge in [-0.25, -0.2) is 0 Å². The van der Waals surface area contributed by atoms with E-state index in [2.05, 4.69) is 51.7 Å². The van der Waals surface area contributed by atoms with Crippen LogP contribution in [0.5, 0.6) is 5.75 Å². The molecule has 30 heavy (non-hydrogen) atoms. The zero-order valence-corrected chi connectivity index (χ0v) is 18.3. The first-order chi connectivity index (χ1) is 14.7. The van der Waals surface area contributed by atoms with Gasteiger partial charge in [0.15, 0.2) is 5.96 Å². The fourth-order valence-corrected chi connectivity index (χ4v) is 3.71. The van der Waals surface area contributed by atoms with Crippen LogP contribution in [0.1, 0.15) is 35.8 Å². The number of guanidine groups is 1. The van der Waals surface area contributed by atoms with Crippen molar-refractivity contribution >= 4 is 5.96 Å².